The standard InChI is InChI=1S/C23H27N5O3/c1-3-17-11-18(27(2)26-17)22(30)28-8-5-23(6-9-28)12-16(23)13-25-21(29)19-10-15-4-7-24-14-20(15)31-19/h4,7,10-11,14,16H,3,5-6,8-9,12-13H2,1-2H3,(H,25,29). The molecule has 5 rings (SSSR count). The Labute approximate surface area is 180 Å². The number of aryl methyl sites for hydroxylation is 2. The third-order valence-corrected chi connectivity index (χ3v) is 6.97. The number of piperidine rings is 1. The molecule has 2 fully saturated rings. The van der Waals surface area contributed by atoms with Gasteiger partial charge < -0.3 is 14.6 Å². The molecule has 2 amide bonds. The van der Waals surface area contributed by atoms with E-state index in [1.165, 1.54) is 0 Å². The van der Waals surface area contributed by atoms with Gasteiger partial charge in [-0.1, -0.05) is 6.92 Å². The minimum absolute atomic E-state index is 0.0643. The van der Waals surface area contributed by atoms with Crippen LogP contribution in [0.5, 0.6) is 0 Å². The molecule has 1 spiro atoms. The van der Waals surface area contributed by atoms with E-state index in [-0.39, 0.29) is 17.2 Å². The first kappa shape index (κ1) is 19.8. The molecule has 1 unspecified atom stereocenters. The first-order valence-corrected chi connectivity index (χ1v) is 10.9. The molecular weight excluding hydrogens is 394 g/mol. The van der Waals surface area contributed by atoms with Crippen molar-refractivity contribution in [3.05, 3.63) is 47.7 Å². The Bertz CT molecular complexity index is 1110. The van der Waals surface area contributed by atoms with E-state index in [1.54, 1.807) is 23.1 Å². The Morgan fingerprint density at radius 1 is 1.29 bits per heavy atom. The predicted molar refractivity (Wildman–Crippen MR) is 115 cm³/mol. The van der Waals surface area contributed by atoms with Crippen LogP contribution in [0.1, 0.15) is 52.9 Å². The van der Waals surface area contributed by atoms with Crippen molar-refractivity contribution in [2.45, 2.75) is 32.6 Å². The molecule has 2 aliphatic rings. The van der Waals surface area contributed by atoms with Gasteiger partial charge in [0.15, 0.2) is 11.3 Å². The first-order chi connectivity index (χ1) is 15.0. The highest BCUT2D eigenvalue weighted by atomic mass is 16.3. The van der Waals surface area contributed by atoms with Crippen LogP contribution >= 0.6 is 0 Å². The fourth-order valence-corrected chi connectivity index (χ4v) is 4.85. The van der Waals surface area contributed by atoms with Crippen LogP contribution in [0.4, 0.5) is 0 Å². The second kappa shape index (κ2) is 7.51. The van der Waals surface area contributed by atoms with Gasteiger partial charge in [0.05, 0.1) is 11.9 Å². The van der Waals surface area contributed by atoms with Crippen molar-refractivity contribution in [2.75, 3.05) is 19.6 Å². The smallest absolute Gasteiger partial charge is 0.287 e. The maximum Gasteiger partial charge on any atom is 0.287 e. The number of aromatic nitrogens is 3. The van der Waals surface area contributed by atoms with Crippen molar-refractivity contribution >= 4 is 22.8 Å². The highest BCUT2D eigenvalue weighted by Gasteiger charge is 2.54. The normalized spacial score (nSPS) is 19.7. The van der Waals surface area contributed by atoms with Crippen LogP contribution < -0.4 is 5.32 Å². The largest absolute Gasteiger partial charge is 0.449 e. The number of carbonyl (C=O) groups is 2. The van der Waals surface area contributed by atoms with E-state index in [9.17, 15) is 9.59 Å². The molecule has 4 heterocycles. The van der Waals surface area contributed by atoms with Crippen molar-refractivity contribution in [3.63, 3.8) is 0 Å². The minimum Gasteiger partial charge on any atom is -0.449 e. The molecule has 1 aliphatic carbocycles. The fourth-order valence-electron chi connectivity index (χ4n) is 4.85. The molecule has 8 heteroatoms. The van der Waals surface area contributed by atoms with Gasteiger partial charge in [-0.3, -0.25) is 19.3 Å². The molecule has 1 saturated carbocycles. The second-order valence-corrected chi connectivity index (χ2v) is 8.79. The Balaban J connectivity index is 1.14. The number of hydrogen-bond acceptors (Lipinski definition) is 5. The molecule has 0 radical (unpaired) electrons. The topological polar surface area (TPSA) is 93.3 Å². The highest BCUT2D eigenvalue weighted by Crippen LogP contribution is 2.59. The molecule has 162 valence electrons. The van der Waals surface area contributed by atoms with E-state index in [0.717, 1.165) is 49.9 Å². The van der Waals surface area contributed by atoms with E-state index < -0.39 is 0 Å². The zero-order valence-corrected chi connectivity index (χ0v) is 17.9. The number of hydrogen-bond donors (Lipinski definition) is 1. The molecule has 0 aromatic carbocycles. The third-order valence-electron chi connectivity index (χ3n) is 6.97. The fraction of sp³-hybridized carbons (Fsp3) is 0.478. The van der Waals surface area contributed by atoms with Crippen molar-refractivity contribution in [2.24, 2.45) is 18.4 Å². The van der Waals surface area contributed by atoms with Crippen LogP contribution in [-0.2, 0) is 13.5 Å². The summed E-state index contributed by atoms with van der Waals surface area (Å²) in [6.07, 6.45) is 7.18. The highest BCUT2D eigenvalue weighted by molar-refractivity contribution is 5.96. The summed E-state index contributed by atoms with van der Waals surface area (Å²) in [5, 5.41) is 8.29. The zero-order valence-electron chi connectivity index (χ0n) is 17.9. The summed E-state index contributed by atoms with van der Waals surface area (Å²) in [6.45, 7) is 4.20. The monoisotopic (exact) mass is 421 g/mol. The zero-order chi connectivity index (χ0) is 21.6. The van der Waals surface area contributed by atoms with Gasteiger partial charge in [0.25, 0.3) is 11.8 Å². The van der Waals surface area contributed by atoms with E-state index >= 15 is 0 Å². The Morgan fingerprint density at radius 2 is 2.10 bits per heavy atom. The lowest BCUT2D eigenvalue weighted by Gasteiger charge is -2.33. The number of pyridine rings is 1. The van der Waals surface area contributed by atoms with Gasteiger partial charge >= 0.3 is 0 Å². The van der Waals surface area contributed by atoms with E-state index in [1.807, 2.05) is 31.0 Å². The molecule has 8 nitrogen and oxygen atoms in total. The van der Waals surface area contributed by atoms with E-state index in [4.69, 9.17) is 4.42 Å². The summed E-state index contributed by atoms with van der Waals surface area (Å²) in [5.74, 6) is 0.659. The van der Waals surface area contributed by atoms with Gasteiger partial charge in [-0.25, -0.2) is 0 Å². The molecule has 0 bridgehead atoms. The van der Waals surface area contributed by atoms with Crippen LogP contribution in [-0.4, -0.2) is 51.1 Å². The van der Waals surface area contributed by atoms with Crippen LogP contribution in [0, 0.1) is 11.3 Å². The Kier molecular flexibility index (Phi) is 4.79. The second-order valence-electron chi connectivity index (χ2n) is 8.79. The van der Waals surface area contributed by atoms with E-state index in [2.05, 4.69) is 15.4 Å². The van der Waals surface area contributed by atoms with Crippen LogP contribution in [0.2, 0.25) is 0 Å². The quantitative estimate of drug-likeness (QED) is 0.684. The summed E-state index contributed by atoms with van der Waals surface area (Å²) in [5.41, 5.74) is 2.47. The van der Waals surface area contributed by atoms with Gasteiger partial charge in [-0.05, 0) is 55.2 Å². The summed E-state index contributed by atoms with van der Waals surface area (Å²) in [6, 6.07) is 5.48. The lowest BCUT2D eigenvalue weighted by molar-refractivity contribution is 0.0657. The molecule has 1 aliphatic heterocycles. The summed E-state index contributed by atoms with van der Waals surface area (Å²) < 4.78 is 7.29. The number of nitrogens with one attached hydrogen (secondary N) is 1. The van der Waals surface area contributed by atoms with Gasteiger partial charge in [-0.2, -0.15) is 5.10 Å². The molecule has 3 aromatic heterocycles. The number of fused-ring (bicyclic) bond motifs is 1. The number of rotatable bonds is 5. The number of amides is 2. The average molecular weight is 422 g/mol. The van der Waals surface area contributed by atoms with Crippen LogP contribution in [0.15, 0.2) is 35.0 Å². The van der Waals surface area contributed by atoms with Crippen molar-refractivity contribution in [1.82, 2.24) is 25.0 Å². The first-order valence-electron chi connectivity index (χ1n) is 10.9. The summed E-state index contributed by atoms with van der Waals surface area (Å²) in [4.78, 5) is 31.3. The maximum absolute atomic E-state index is 12.9. The van der Waals surface area contributed by atoms with Gasteiger partial charge in [-0.15, -0.1) is 0 Å². The molecule has 3 aromatic rings. The lowest BCUT2D eigenvalue weighted by Crippen LogP contribution is -2.41. The molecule has 1 saturated heterocycles. The number of nitrogens with zero attached hydrogens (tertiary/aromatic N) is 4. The average Bonchev–Trinajstić information content (AvgIpc) is 3.12. The van der Waals surface area contributed by atoms with Crippen molar-refractivity contribution in [1.29, 1.82) is 0 Å². The van der Waals surface area contributed by atoms with Gasteiger partial charge in [0, 0.05) is 38.3 Å². The molecule has 1 atom stereocenters. The summed E-state index contributed by atoms with van der Waals surface area (Å²) in [7, 11) is 1.83. The number of furan rings is 1. The third kappa shape index (κ3) is 3.60. The van der Waals surface area contributed by atoms with Crippen LogP contribution in [0.3, 0.4) is 0 Å². The SMILES string of the molecule is CCc1cc(C(=O)N2CCC3(CC2)CC3CNC(=O)c2cc3ccncc3o2)n(C)n1. The Hall–Kier alpha value is -3.16. The van der Waals surface area contributed by atoms with Gasteiger partial charge in [0.2, 0.25) is 0 Å². The van der Waals surface area contributed by atoms with Crippen molar-refractivity contribution in [3.8, 4) is 0 Å². The number of carbonyl (C=O) groups excluding carboxylic acids is 2. The summed E-state index contributed by atoms with van der Waals surface area (Å²) >= 11 is 0. The predicted octanol–water partition coefficient (Wildman–Crippen LogP) is 2.80. The van der Waals surface area contributed by atoms with Crippen LogP contribution in [0.25, 0.3) is 11.0 Å². The molecule has 31 heavy (non-hydrogen) atoms. The molecular formula is C23H27N5O3. The minimum atomic E-state index is -0.186. The number of likely N-dealkylation sites (tertiary alicyclic amines) is 1. The van der Waals surface area contributed by atoms with Gasteiger partial charge in [0.1, 0.15) is 5.69 Å². The maximum atomic E-state index is 12.9. The lowest BCUT2D eigenvalue weighted by atomic mass is 9.90. The molecule has 1 N–H and O–H groups in total. The Morgan fingerprint density at radius 3 is 2.81 bits per heavy atom. The van der Waals surface area contributed by atoms with E-state index in [0.29, 0.717) is 29.5 Å². The van der Waals surface area contributed by atoms with Crippen molar-refractivity contribution < 1.29 is 14.0 Å².